The van der Waals surface area contributed by atoms with E-state index in [-0.39, 0.29) is 59.0 Å². The van der Waals surface area contributed by atoms with Crippen molar-refractivity contribution < 1.29 is 39.5 Å². The molecule has 0 heterocycles. The zero-order chi connectivity index (χ0) is 14.9. The standard InChI is InChI=1S/C18H36O2.Mg.Na.2H/c1-2-3-4-5-6-7-8-9-10-11-12-13-14-15-16-17-18(19)20;;;;/h2-17H2,1H3,(H,19,20);;;;/q;;+1;;/p-1. The number of carboxylic acids is 1. The van der Waals surface area contributed by atoms with Crippen molar-refractivity contribution in [2.45, 2.75) is 110 Å². The van der Waals surface area contributed by atoms with Gasteiger partial charge in [0.1, 0.15) is 0 Å². The average Bonchev–Trinajstić information content (AvgIpc) is 2.43. The molecule has 0 aromatic heterocycles. The maximum atomic E-state index is 10.2. The van der Waals surface area contributed by atoms with Crippen LogP contribution >= 0.6 is 0 Å². The molecule has 0 rings (SSSR count). The minimum atomic E-state index is -0.903. The Labute approximate surface area is 177 Å². The van der Waals surface area contributed by atoms with Gasteiger partial charge in [0.2, 0.25) is 0 Å². The maximum absolute atomic E-state index is 10.2. The third kappa shape index (κ3) is 26.1. The van der Waals surface area contributed by atoms with Crippen LogP contribution in [-0.4, -0.2) is 29.0 Å². The van der Waals surface area contributed by atoms with Gasteiger partial charge in [0.05, 0.1) is 0 Å². The molecule has 0 aliphatic carbocycles. The summed E-state index contributed by atoms with van der Waals surface area (Å²) in [6.45, 7) is 2.27. The van der Waals surface area contributed by atoms with Crippen molar-refractivity contribution in [1.82, 2.24) is 0 Å². The molecular formula is C18H37MgNaO2. The summed E-state index contributed by atoms with van der Waals surface area (Å²) < 4.78 is 0. The normalized spacial score (nSPS) is 9.86. The molecular weight excluding hydrogens is 295 g/mol. The predicted octanol–water partition coefficient (Wildman–Crippen LogP) is 1.09. The second kappa shape index (κ2) is 24.5. The Morgan fingerprint density at radius 1 is 0.636 bits per heavy atom. The van der Waals surface area contributed by atoms with E-state index in [9.17, 15) is 9.90 Å². The summed E-state index contributed by atoms with van der Waals surface area (Å²) in [5, 5.41) is 10.2. The molecule has 0 saturated heterocycles. The number of hydrogen-bond donors (Lipinski definition) is 0. The van der Waals surface area contributed by atoms with Crippen LogP contribution < -0.4 is 34.7 Å². The first kappa shape index (κ1) is 28.1. The van der Waals surface area contributed by atoms with E-state index in [1.807, 2.05) is 0 Å². The van der Waals surface area contributed by atoms with Crippen molar-refractivity contribution in [3.05, 3.63) is 0 Å². The fourth-order valence-corrected chi connectivity index (χ4v) is 2.64. The van der Waals surface area contributed by atoms with Gasteiger partial charge < -0.3 is 9.90 Å². The van der Waals surface area contributed by atoms with E-state index in [4.69, 9.17) is 0 Å². The SMILES string of the molecule is CCCCCCCCCCCCCCCCCC(=O)[O-].[MgH2].[Na+]. The second-order valence-electron chi connectivity index (χ2n) is 6.07. The van der Waals surface area contributed by atoms with Gasteiger partial charge in [-0.15, -0.1) is 0 Å². The summed E-state index contributed by atoms with van der Waals surface area (Å²) in [5.74, 6) is -0.903. The van der Waals surface area contributed by atoms with Crippen LogP contribution in [0.3, 0.4) is 0 Å². The molecule has 0 saturated carbocycles. The van der Waals surface area contributed by atoms with E-state index in [1.165, 1.54) is 83.5 Å². The van der Waals surface area contributed by atoms with Crippen molar-refractivity contribution >= 4 is 29.0 Å². The summed E-state index contributed by atoms with van der Waals surface area (Å²) in [6.07, 6.45) is 19.9. The minimum Gasteiger partial charge on any atom is -0.550 e. The van der Waals surface area contributed by atoms with E-state index in [2.05, 4.69) is 6.92 Å². The van der Waals surface area contributed by atoms with Crippen molar-refractivity contribution in [2.24, 2.45) is 0 Å². The van der Waals surface area contributed by atoms with Crippen LogP contribution in [0.15, 0.2) is 0 Å². The van der Waals surface area contributed by atoms with Gasteiger partial charge in [0.25, 0.3) is 0 Å². The van der Waals surface area contributed by atoms with Crippen LogP contribution in [0.25, 0.3) is 0 Å². The number of rotatable bonds is 16. The van der Waals surface area contributed by atoms with Crippen molar-refractivity contribution in [2.75, 3.05) is 0 Å². The molecule has 0 aromatic rings. The Morgan fingerprint density at radius 2 is 0.909 bits per heavy atom. The van der Waals surface area contributed by atoms with Crippen LogP contribution in [0.5, 0.6) is 0 Å². The third-order valence-corrected chi connectivity index (χ3v) is 3.98. The summed E-state index contributed by atoms with van der Waals surface area (Å²) in [6, 6.07) is 0. The molecule has 0 N–H and O–H groups in total. The number of hydrogen-bond acceptors (Lipinski definition) is 2. The van der Waals surface area contributed by atoms with Gasteiger partial charge in [0, 0.05) is 5.97 Å². The molecule has 4 heteroatoms. The van der Waals surface area contributed by atoms with E-state index >= 15 is 0 Å². The Bertz CT molecular complexity index is 213. The first-order valence-corrected chi connectivity index (χ1v) is 8.97. The number of carbonyl (C=O) groups excluding carboxylic acids is 1. The second-order valence-corrected chi connectivity index (χ2v) is 6.07. The Hall–Kier alpha value is 1.24. The fraction of sp³-hybridized carbons (Fsp3) is 0.944. The third-order valence-electron chi connectivity index (χ3n) is 3.98. The fourth-order valence-electron chi connectivity index (χ4n) is 2.64. The molecule has 0 fully saturated rings. The Kier molecular flexibility index (Phi) is 31.2. The molecule has 0 bridgehead atoms. The molecule has 0 amide bonds. The van der Waals surface area contributed by atoms with Crippen molar-refractivity contribution in [3.8, 4) is 0 Å². The molecule has 0 aliphatic rings. The van der Waals surface area contributed by atoms with Gasteiger partial charge in [-0.25, -0.2) is 0 Å². The molecule has 0 atom stereocenters. The van der Waals surface area contributed by atoms with E-state index in [0.717, 1.165) is 12.8 Å². The van der Waals surface area contributed by atoms with E-state index in [0.29, 0.717) is 0 Å². The van der Waals surface area contributed by atoms with Crippen molar-refractivity contribution in [3.63, 3.8) is 0 Å². The van der Waals surface area contributed by atoms with Gasteiger partial charge >= 0.3 is 52.6 Å². The van der Waals surface area contributed by atoms with Gasteiger partial charge in [0.15, 0.2) is 0 Å². The van der Waals surface area contributed by atoms with Crippen molar-refractivity contribution in [1.29, 1.82) is 0 Å². The van der Waals surface area contributed by atoms with E-state index < -0.39 is 5.97 Å². The van der Waals surface area contributed by atoms with Gasteiger partial charge in [-0.1, -0.05) is 96.8 Å². The molecule has 0 aromatic carbocycles. The Morgan fingerprint density at radius 3 is 1.18 bits per heavy atom. The smallest absolute Gasteiger partial charge is 0.550 e. The number of carbonyl (C=O) groups is 1. The summed E-state index contributed by atoms with van der Waals surface area (Å²) in [7, 11) is 0. The number of unbranched alkanes of at least 4 members (excludes halogenated alkanes) is 14. The molecule has 0 spiro atoms. The number of aliphatic carboxylic acids is 1. The first-order valence-electron chi connectivity index (χ1n) is 8.97. The molecule has 0 aliphatic heterocycles. The zero-order valence-electron chi connectivity index (χ0n) is 14.6. The monoisotopic (exact) mass is 332 g/mol. The molecule has 22 heavy (non-hydrogen) atoms. The summed E-state index contributed by atoms with van der Waals surface area (Å²) in [4.78, 5) is 10.2. The minimum absolute atomic E-state index is 0. The van der Waals surface area contributed by atoms with Gasteiger partial charge in [-0.3, -0.25) is 0 Å². The number of carboxylic acid groups (broad SMARTS) is 1. The molecule has 124 valence electrons. The molecule has 2 nitrogen and oxygen atoms in total. The van der Waals surface area contributed by atoms with Gasteiger partial charge in [-0.2, -0.15) is 0 Å². The average molecular weight is 333 g/mol. The largest absolute Gasteiger partial charge is 1.00 e. The topological polar surface area (TPSA) is 40.1 Å². The van der Waals surface area contributed by atoms with Crippen LogP contribution in [0.2, 0.25) is 0 Å². The Balaban J connectivity index is -0.00000180. The van der Waals surface area contributed by atoms with Crippen LogP contribution in [0.1, 0.15) is 110 Å². The van der Waals surface area contributed by atoms with Crippen LogP contribution in [0.4, 0.5) is 0 Å². The van der Waals surface area contributed by atoms with E-state index in [1.54, 1.807) is 0 Å². The molecule has 0 unspecified atom stereocenters. The predicted molar refractivity (Wildman–Crippen MR) is 93.1 cm³/mol. The van der Waals surface area contributed by atoms with Gasteiger partial charge in [-0.05, 0) is 12.8 Å². The first-order chi connectivity index (χ1) is 9.77. The van der Waals surface area contributed by atoms with Crippen LogP contribution in [-0.2, 0) is 4.79 Å². The maximum Gasteiger partial charge on any atom is 1.00 e. The quantitative estimate of drug-likeness (QED) is 0.313. The molecule has 0 radical (unpaired) electrons. The van der Waals surface area contributed by atoms with Crippen LogP contribution in [0, 0.1) is 0 Å². The summed E-state index contributed by atoms with van der Waals surface area (Å²) in [5.41, 5.74) is 0. The zero-order valence-corrected chi connectivity index (χ0v) is 16.6. The summed E-state index contributed by atoms with van der Waals surface area (Å²) >= 11 is 0.